The number of para-hydroxylation sites is 1. The van der Waals surface area contributed by atoms with Crippen molar-refractivity contribution in [3.8, 4) is 12.3 Å². The maximum Gasteiger partial charge on any atom is 0.405 e. The lowest BCUT2D eigenvalue weighted by atomic mass is 10.3. The molecule has 1 N–H and O–H groups in total. The molecule has 2 aromatic rings. The second-order valence-corrected chi connectivity index (χ2v) is 5.04. The van der Waals surface area contributed by atoms with Crippen molar-refractivity contribution in [1.29, 1.82) is 0 Å². The summed E-state index contributed by atoms with van der Waals surface area (Å²) in [5.41, 5.74) is 0.780. The van der Waals surface area contributed by atoms with Gasteiger partial charge < -0.3 is 9.88 Å². The molecule has 0 saturated carbocycles. The highest BCUT2D eigenvalue weighted by molar-refractivity contribution is 7.16. The number of alkyl halides is 3. The Morgan fingerprint density at radius 1 is 1.43 bits per heavy atom. The largest absolute Gasteiger partial charge is 0.405 e. The van der Waals surface area contributed by atoms with Crippen LogP contribution >= 0.6 is 11.3 Å². The van der Waals surface area contributed by atoms with Crippen LogP contribution in [0.1, 0.15) is 0 Å². The van der Waals surface area contributed by atoms with E-state index in [0.717, 1.165) is 10.2 Å². The zero-order chi connectivity index (χ0) is 15.5. The normalized spacial score (nSPS) is 12.4. The molecular weight excluding hydrogens is 303 g/mol. The number of hydrogen-bond donors (Lipinski definition) is 1. The molecule has 8 heteroatoms. The summed E-state index contributed by atoms with van der Waals surface area (Å²) in [4.78, 5) is 15.4. The van der Waals surface area contributed by atoms with Gasteiger partial charge in [0.2, 0.25) is 0 Å². The Bertz CT molecular complexity index is 767. The van der Waals surface area contributed by atoms with E-state index < -0.39 is 18.8 Å². The lowest BCUT2D eigenvalue weighted by Crippen LogP contribution is -2.33. The van der Waals surface area contributed by atoms with Crippen LogP contribution in [0.15, 0.2) is 29.3 Å². The van der Waals surface area contributed by atoms with Crippen LogP contribution < -0.4 is 10.1 Å². The van der Waals surface area contributed by atoms with Crippen LogP contribution in [-0.4, -0.2) is 23.3 Å². The van der Waals surface area contributed by atoms with Crippen molar-refractivity contribution in [2.24, 2.45) is 4.99 Å². The molecule has 21 heavy (non-hydrogen) atoms. The van der Waals surface area contributed by atoms with E-state index in [1.165, 1.54) is 11.3 Å². The predicted octanol–water partition coefficient (Wildman–Crippen LogP) is 2.51. The minimum absolute atomic E-state index is 0.176. The molecule has 4 nitrogen and oxygen atoms in total. The topological polar surface area (TPSA) is 46.4 Å². The summed E-state index contributed by atoms with van der Waals surface area (Å²) in [6.45, 7) is -1.25. The number of nitrogens with zero attached hydrogens (tertiary/aromatic N) is 2. The average Bonchev–Trinajstić information content (AvgIpc) is 2.74. The van der Waals surface area contributed by atoms with Gasteiger partial charge in [-0.25, -0.2) is 4.79 Å². The smallest absolute Gasteiger partial charge is 0.327 e. The van der Waals surface area contributed by atoms with Crippen molar-refractivity contribution >= 4 is 27.6 Å². The minimum atomic E-state index is -4.47. The minimum Gasteiger partial charge on any atom is -0.327 e. The van der Waals surface area contributed by atoms with Gasteiger partial charge in [0.15, 0.2) is 4.80 Å². The van der Waals surface area contributed by atoms with Gasteiger partial charge in [0.05, 0.1) is 16.8 Å². The van der Waals surface area contributed by atoms with Gasteiger partial charge >= 0.3 is 12.2 Å². The number of benzene rings is 1. The van der Waals surface area contributed by atoms with Gasteiger partial charge in [-0.3, -0.25) is 0 Å². The summed E-state index contributed by atoms with van der Waals surface area (Å²) < 4.78 is 38.6. The fourth-order valence-corrected chi connectivity index (χ4v) is 2.68. The second-order valence-electron chi connectivity index (χ2n) is 4.03. The van der Waals surface area contributed by atoms with E-state index >= 15 is 0 Å². The molecule has 0 aliphatic carbocycles. The van der Waals surface area contributed by atoms with Gasteiger partial charge in [-0.15, -0.1) is 6.42 Å². The van der Waals surface area contributed by atoms with Crippen LogP contribution in [0.3, 0.4) is 0 Å². The Kier molecular flexibility index (Phi) is 4.33. The van der Waals surface area contributed by atoms with Crippen molar-refractivity contribution in [2.75, 3.05) is 6.54 Å². The highest BCUT2D eigenvalue weighted by Crippen LogP contribution is 2.16. The molecule has 0 atom stereocenters. The molecule has 0 aliphatic rings. The molecule has 0 radical (unpaired) electrons. The maximum absolute atomic E-state index is 12.0. The third-order valence-corrected chi connectivity index (χ3v) is 3.53. The fraction of sp³-hybridized carbons (Fsp3) is 0.231. The number of nitrogens with one attached hydrogen (secondary N) is 1. The van der Waals surface area contributed by atoms with E-state index in [0.29, 0.717) is 0 Å². The first kappa shape index (κ1) is 15.1. The molecule has 0 unspecified atom stereocenters. The maximum atomic E-state index is 12.0. The van der Waals surface area contributed by atoms with E-state index in [2.05, 4.69) is 10.9 Å². The lowest BCUT2D eigenvalue weighted by Gasteiger charge is -2.05. The highest BCUT2D eigenvalue weighted by Gasteiger charge is 2.27. The summed E-state index contributed by atoms with van der Waals surface area (Å²) in [5, 5.41) is 1.70. The molecule has 0 bridgehead atoms. The molecule has 0 aliphatic heterocycles. The number of amides is 2. The van der Waals surface area contributed by atoms with E-state index in [1.54, 1.807) is 22.0 Å². The first-order valence-electron chi connectivity index (χ1n) is 5.82. The predicted molar refractivity (Wildman–Crippen MR) is 73.7 cm³/mol. The number of rotatable bonds is 2. The van der Waals surface area contributed by atoms with Crippen molar-refractivity contribution in [2.45, 2.75) is 12.7 Å². The first-order chi connectivity index (χ1) is 9.90. The summed E-state index contributed by atoms with van der Waals surface area (Å²) in [6, 6.07) is 6.18. The number of fused-ring (bicyclic) bond motifs is 1. The van der Waals surface area contributed by atoms with Crippen LogP contribution in [-0.2, 0) is 6.54 Å². The number of halogens is 3. The number of thiazole rings is 1. The van der Waals surface area contributed by atoms with Crippen molar-refractivity contribution in [3.63, 3.8) is 0 Å². The standard InChI is InChI=1S/C13H10F3N3OS/c1-2-7-19-9-5-3-4-6-10(9)21-12(19)18-11(20)17-8-13(14,15)16/h1,3-6H,7-8H2,(H,17,20). The van der Waals surface area contributed by atoms with Crippen molar-refractivity contribution in [3.05, 3.63) is 29.1 Å². The van der Waals surface area contributed by atoms with Gasteiger partial charge in [0.1, 0.15) is 6.54 Å². The Morgan fingerprint density at radius 2 is 2.14 bits per heavy atom. The lowest BCUT2D eigenvalue weighted by molar-refractivity contribution is -0.122. The SMILES string of the molecule is C#CCn1c(=NC(=O)NCC(F)(F)F)sc2ccccc21. The molecule has 2 amide bonds. The number of carbonyl (C=O) groups is 1. The number of carbonyl (C=O) groups excluding carboxylic acids is 1. The van der Waals surface area contributed by atoms with E-state index in [1.807, 2.05) is 12.1 Å². The molecule has 110 valence electrons. The summed E-state index contributed by atoms with van der Waals surface area (Å²) >= 11 is 1.18. The van der Waals surface area contributed by atoms with Gasteiger partial charge in [0.25, 0.3) is 0 Å². The molecule has 1 aromatic carbocycles. The van der Waals surface area contributed by atoms with Crippen LogP contribution in [0.2, 0.25) is 0 Å². The second kappa shape index (κ2) is 6.01. The van der Waals surface area contributed by atoms with E-state index in [9.17, 15) is 18.0 Å². The van der Waals surface area contributed by atoms with Crippen molar-refractivity contribution in [1.82, 2.24) is 9.88 Å². The Labute approximate surface area is 121 Å². The highest BCUT2D eigenvalue weighted by atomic mass is 32.1. The zero-order valence-electron chi connectivity index (χ0n) is 10.6. The summed E-state index contributed by atoms with van der Waals surface area (Å²) in [7, 11) is 0. The van der Waals surface area contributed by atoms with E-state index in [4.69, 9.17) is 6.42 Å². The number of aromatic nitrogens is 1. The molecule has 1 heterocycles. The monoisotopic (exact) mass is 313 g/mol. The molecule has 0 fully saturated rings. The van der Waals surface area contributed by atoms with Crippen LogP contribution in [0.5, 0.6) is 0 Å². The van der Waals surface area contributed by atoms with Crippen molar-refractivity contribution < 1.29 is 18.0 Å². The average molecular weight is 313 g/mol. The summed E-state index contributed by atoms with van der Waals surface area (Å²) in [6.07, 6.45) is 0.797. The fourth-order valence-electron chi connectivity index (χ4n) is 1.65. The van der Waals surface area contributed by atoms with Crippen LogP contribution in [0.4, 0.5) is 18.0 Å². The zero-order valence-corrected chi connectivity index (χ0v) is 11.5. The van der Waals surface area contributed by atoms with E-state index in [-0.39, 0.29) is 11.3 Å². The molecule has 2 rings (SSSR count). The Balaban J connectivity index is 2.36. The quantitative estimate of drug-likeness (QED) is 0.851. The third-order valence-electron chi connectivity index (χ3n) is 2.47. The van der Waals surface area contributed by atoms with Crippen LogP contribution in [0.25, 0.3) is 10.2 Å². The van der Waals surface area contributed by atoms with Gasteiger partial charge in [-0.1, -0.05) is 29.4 Å². The molecular formula is C13H10F3N3OS. The van der Waals surface area contributed by atoms with Gasteiger partial charge in [-0.05, 0) is 12.1 Å². The molecule has 0 saturated heterocycles. The van der Waals surface area contributed by atoms with Crippen LogP contribution in [0, 0.1) is 12.3 Å². The summed E-state index contributed by atoms with van der Waals surface area (Å²) in [5.74, 6) is 2.43. The molecule has 1 aromatic heterocycles. The number of hydrogen-bond acceptors (Lipinski definition) is 2. The third kappa shape index (κ3) is 3.86. The Hall–Kier alpha value is -2.27. The molecule has 0 spiro atoms. The van der Waals surface area contributed by atoms with Gasteiger partial charge in [0, 0.05) is 0 Å². The Morgan fingerprint density at radius 3 is 2.81 bits per heavy atom. The number of urea groups is 1. The number of terminal acetylenes is 1. The van der Waals surface area contributed by atoms with Gasteiger partial charge in [-0.2, -0.15) is 18.2 Å². The first-order valence-corrected chi connectivity index (χ1v) is 6.63.